The number of carbonyl (C=O) groups excluding carboxylic acids is 1. The Morgan fingerprint density at radius 3 is 2.94 bits per heavy atom. The number of nitrogens with zero attached hydrogens (tertiary/aromatic N) is 1. The lowest BCUT2D eigenvalue weighted by Gasteiger charge is -2.01. The summed E-state index contributed by atoms with van der Waals surface area (Å²) in [5, 5.41) is 0. The lowest BCUT2D eigenvalue weighted by atomic mass is 10.4. The summed E-state index contributed by atoms with van der Waals surface area (Å²) < 4.78 is 5.84. The molecule has 84 valence electrons. The van der Waals surface area contributed by atoms with Crippen LogP contribution < -0.4 is 0 Å². The summed E-state index contributed by atoms with van der Waals surface area (Å²) in [6.07, 6.45) is 0. The molecule has 0 atom stereocenters. The van der Waals surface area contributed by atoms with Crippen molar-refractivity contribution in [2.75, 3.05) is 0 Å². The SMILES string of the molecule is Cc1ncsc1C(=O)OCc1ccc(Cl)s1. The molecule has 2 aromatic heterocycles. The summed E-state index contributed by atoms with van der Waals surface area (Å²) in [7, 11) is 0. The van der Waals surface area contributed by atoms with Gasteiger partial charge < -0.3 is 4.74 Å². The monoisotopic (exact) mass is 273 g/mol. The van der Waals surface area contributed by atoms with Crippen molar-refractivity contribution in [1.29, 1.82) is 0 Å². The van der Waals surface area contributed by atoms with Crippen molar-refractivity contribution in [3.8, 4) is 0 Å². The first-order chi connectivity index (χ1) is 7.66. The number of halogens is 1. The first kappa shape index (κ1) is 11.6. The van der Waals surface area contributed by atoms with E-state index in [9.17, 15) is 4.79 Å². The first-order valence-corrected chi connectivity index (χ1v) is 6.55. The third kappa shape index (κ3) is 2.61. The highest BCUT2D eigenvalue weighted by atomic mass is 35.5. The molecule has 0 aliphatic carbocycles. The van der Waals surface area contributed by atoms with Gasteiger partial charge in [-0.05, 0) is 19.1 Å². The Hall–Kier alpha value is -0.910. The van der Waals surface area contributed by atoms with Crippen molar-refractivity contribution in [3.05, 3.63) is 37.4 Å². The van der Waals surface area contributed by atoms with Gasteiger partial charge >= 0.3 is 5.97 Å². The van der Waals surface area contributed by atoms with Crippen molar-refractivity contribution in [2.45, 2.75) is 13.5 Å². The zero-order valence-corrected chi connectivity index (χ0v) is 10.8. The molecular formula is C10H8ClNO2S2. The Labute approximate surface area is 106 Å². The number of hydrogen-bond donors (Lipinski definition) is 0. The molecule has 0 aliphatic heterocycles. The maximum atomic E-state index is 11.6. The Balaban J connectivity index is 1.96. The van der Waals surface area contributed by atoms with E-state index < -0.39 is 0 Å². The smallest absolute Gasteiger partial charge is 0.350 e. The topological polar surface area (TPSA) is 39.2 Å². The van der Waals surface area contributed by atoms with Gasteiger partial charge in [0.2, 0.25) is 0 Å². The Morgan fingerprint density at radius 1 is 1.56 bits per heavy atom. The van der Waals surface area contributed by atoms with E-state index in [-0.39, 0.29) is 12.6 Å². The van der Waals surface area contributed by atoms with Crippen molar-refractivity contribution in [3.63, 3.8) is 0 Å². The van der Waals surface area contributed by atoms with E-state index in [4.69, 9.17) is 16.3 Å². The molecule has 0 unspecified atom stereocenters. The average molecular weight is 274 g/mol. The minimum absolute atomic E-state index is 0.258. The lowest BCUT2D eigenvalue weighted by molar-refractivity contribution is 0.0481. The molecule has 2 aromatic rings. The molecule has 0 N–H and O–H groups in total. The molecule has 0 bridgehead atoms. The van der Waals surface area contributed by atoms with Crippen LogP contribution in [0.2, 0.25) is 4.34 Å². The largest absolute Gasteiger partial charge is 0.456 e. The third-order valence-electron chi connectivity index (χ3n) is 1.91. The number of carbonyl (C=O) groups is 1. The van der Waals surface area contributed by atoms with Crippen LogP contribution in [0, 0.1) is 6.92 Å². The van der Waals surface area contributed by atoms with E-state index in [1.54, 1.807) is 18.5 Å². The Kier molecular flexibility index (Phi) is 3.58. The first-order valence-electron chi connectivity index (χ1n) is 4.48. The molecular weight excluding hydrogens is 266 g/mol. The molecule has 2 heterocycles. The molecule has 0 aliphatic rings. The molecule has 0 spiro atoms. The number of hydrogen-bond acceptors (Lipinski definition) is 5. The van der Waals surface area contributed by atoms with Crippen LogP contribution in [0.25, 0.3) is 0 Å². The molecule has 0 saturated carbocycles. The van der Waals surface area contributed by atoms with Crippen molar-refractivity contribution in [2.24, 2.45) is 0 Å². The average Bonchev–Trinajstić information content (AvgIpc) is 2.84. The van der Waals surface area contributed by atoms with Crippen LogP contribution >= 0.6 is 34.3 Å². The number of thiophene rings is 1. The van der Waals surface area contributed by atoms with Crippen LogP contribution in [0.1, 0.15) is 20.2 Å². The van der Waals surface area contributed by atoms with Crippen LogP contribution in [0.3, 0.4) is 0 Å². The van der Waals surface area contributed by atoms with Crippen molar-refractivity contribution < 1.29 is 9.53 Å². The van der Waals surface area contributed by atoms with Gasteiger partial charge in [0.05, 0.1) is 15.5 Å². The number of aryl methyl sites for hydroxylation is 1. The molecule has 0 amide bonds. The highest BCUT2D eigenvalue weighted by Crippen LogP contribution is 2.22. The number of aromatic nitrogens is 1. The van der Waals surface area contributed by atoms with Gasteiger partial charge in [0.15, 0.2) is 0 Å². The van der Waals surface area contributed by atoms with E-state index in [0.717, 1.165) is 4.88 Å². The standard InChI is InChI=1S/C10H8ClNO2S2/c1-6-9(15-5-12-6)10(13)14-4-7-2-3-8(11)16-7/h2-3,5H,4H2,1H3. The molecule has 2 rings (SSSR count). The zero-order chi connectivity index (χ0) is 11.5. The molecule has 0 saturated heterocycles. The summed E-state index contributed by atoms with van der Waals surface area (Å²) in [4.78, 5) is 17.1. The second-order valence-corrected chi connectivity index (χ2v) is 5.70. The summed E-state index contributed by atoms with van der Waals surface area (Å²) in [6, 6.07) is 3.63. The molecule has 0 radical (unpaired) electrons. The number of ether oxygens (including phenoxy) is 1. The lowest BCUT2D eigenvalue weighted by Crippen LogP contribution is -2.04. The zero-order valence-electron chi connectivity index (χ0n) is 8.40. The summed E-state index contributed by atoms with van der Waals surface area (Å²) >= 11 is 8.47. The fourth-order valence-electron chi connectivity index (χ4n) is 1.13. The molecule has 6 heteroatoms. The Bertz CT molecular complexity index is 506. The maximum Gasteiger partial charge on any atom is 0.350 e. The van der Waals surface area contributed by atoms with Gasteiger partial charge in [0.25, 0.3) is 0 Å². The fourth-order valence-corrected chi connectivity index (χ4v) is 2.82. The van der Waals surface area contributed by atoms with Crippen molar-refractivity contribution in [1.82, 2.24) is 4.98 Å². The molecule has 3 nitrogen and oxygen atoms in total. The molecule has 0 fully saturated rings. The van der Waals surface area contributed by atoms with E-state index in [2.05, 4.69) is 4.98 Å². The second-order valence-electron chi connectivity index (χ2n) is 3.05. The highest BCUT2D eigenvalue weighted by Gasteiger charge is 2.13. The van der Waals surface area contributed by atoms with E-state index in [1.165, 1.54) is 22.7 Å². The number of rotatable bonds is 3. The summed E-state index contributed by atoms with van der Waals surface area (Å²) in [5.41, 5.74) is 2.34. The van der Waals surface area contributed by atoms with Crippen molar-refractivity contribution >= 4 is 40.2 Å². The van der Waals surface area contributed by atoms with Gasteiger partial charge in [0.1, 0.15) is 11.5 Å². The normalized spacial score (nSPS) is 10.4. The highest BCUT2D eigenvalue weighted by molar-refractivity contribution is 7.16. The van der Waals surface area contributed by atoms with Crippen LogP contribution in [-0.2, 0) is 11.3 Å². The fraction of sp³-hybridized carbons (Fsp3) is 0.200. The minimum Gasteiger partial charge on any atom is -0.456 e. The summed E-state index contributed by atoms with van der Waals surface area (Å²) in [5.74, 6) is -0.329. The second kappa shape index (κ2) is 4.95. The number of thiazole rings is 1. The van der Waals surface area contributed by atoms with Gasteiger partial charge in [-0.25, -0.2) is 9.78 Å². The van der Waals surface area contributed by atoms with Crippen LogP contribution in [-0.4, -0.2) is 11.0 Å². The molecule has 16 heavy (non-hydrogen) atoms. The van der Waals surface area contributed by atoms with Gasteiger partial charge in [-0.1, -0.05) is 11.6 Å². The predicted octanol–water partition coefficient (Wildman–Crippen LogP) is 3.52. The number of esters is 1. The van der Waals surface area contributed by atoms with Gasteiger partial charge in [-0.15, -0.1) is 22.7 Å². The van der Waals surface area contributed by atoms with Gasteiger partial charge in [-0.2, -0.15) is 0 Å². The van der Waals surface area contributed by atoms with Crippen LogP contribution in [0.5, 0.6) is 0 Å². The quantitative estimate of drug-likeness (QED) is 0.803. The molecule has 0 aromatic carbocycles. The third-order valence-corrected chi connectivity index (χ3v) is 4.02. The van der Waals surface area contributed by atoms with E-state index in [0.29, 0.717) is 14.9 Å². The summed E-state index contributed by atoms with van der Waals surface area (Å²) in [6.45, 7) is 2.04. The van der Waals surface area contributed by atoms with Gasteiger partial charge in [0, 0.05) is 4.88 Å². The maximum absolute atomic E-state index is 11.6. The van der Waals surface area contributed by atoms with Gasteiger partial charge in [-0.3, -0.25) is 0 Å². The van der Waals surface area contributed by atoms with E-state index >= 15 is 0 Å². The van der Waals surface area contributed by atoms with Crippen LogP contribution in [0.15, 0.2) is 17.6 Å². The Morgan fingerprint density at radius 2 is 2.38 bits per heavy atom. The van der Waals surface area contributed by atoms with Crippen LogP contribution in [0.4, 0.5) is 0 Å². The predicted molar refractivity (Wildman–Crippen MR) is 65.3 cm³/mol. The van der Waals surface area contributed by atoms with E-state index in [1.807, 2.05) is 6.07 Å². The minimum atomic E-state index is -0.329.